The van der Waals surface area contributed by atoms with E-state index in [9.17, 15) is 9.59 Å². The maximum Gasteiger partial charge on any atom is 0.261 e. The third-order valence-corrected chi connectivity index (χ3v) is 3.32. The molecular weight excluding hydrogens is 256 g/mol. The molecule has 106 valence electrons. The molecular formula is C15H18N2O3. The first-order valence-corrected chi connectivity index (χ1v) is 6.58. The van der Waals surface area contributed by atoms with Crippen LogP contribution in [0.15, 0.2) is 36.9 Å². The van der Waals surface area contributed by atoms with Gasteiger partial charge in [0.05, 0.1) is 17.7 Å². The van der Waals surface area contributed by atoms with E-state index >= 15 is 0 Å². The molecule has 1 N–H and O–H groups in total. The number of hydrogen-bond donors (Lipinski definition) is 1. The molecule has 1 aromatic carbocycles. The molecule has 1 heterocycles. The van der Waals surface area contributed by atoms with Crippen molar-refractivity contribution in [3.05, 3.63) is 48.0 Å². The SMILES string of the molecule is C=CCN(CCO)CCN1C(=O)c2ccccc2C1=O. The van der Waals surface area contributed by atoms with E-state index in [1.807, 2.05) is 4.90 Å². The molecule has 0 aromatic heterocycles. The van der Waals surface area contributed by atoms with Crippen molar-refractivity contribution in [2.75, 3.05) is 32.8 Å². The fourth-order valence-electron chi connectivity index (χ4n) is 2.30. The summed E-state index contributed by atoms with van der Waals surface area (Å²) in [5, 5.41) is 8.98. The van der Waals surface area contributed by atoms with Crippen molar-refractivity contribution in [3.8, 4) is 0 Å². The number of carbonyl (C=O) groups is 2. The van der Waals surface area contributed by atoms with Crippen molar-refractivity contribution >= 4 is 11.8 Å². The average Bonchev–Trinajstić information content (AvgIpc) is 2.70. The zero-order valence-electron chi connectivity index (χ0n) is 11.3. The van der Waals surface area contributed by atoms with Crippen LogP contribution in [0.5, 0.6) is 0 Å². The number of aliphatic hydroxyl groups excluding tert-OH is 1. The van der Waals surface area contributed by atoms with Crippen molar-refractivity contribution in [3.63, 3.8) is 0 Å². The lowest BCUT2D eigenvalue weighted by Crippen LogP contribution is -2.39. The first kappa shape index (κ1) is 14.4. The van der Waals surface area contributed by atoms with Crippen LogP contribution in [-0.4, -0.2) is 59.5 Å². The van der Waals surface area contributed by atoms with E-state index in [2.05, 4.69) is 6.58 Å². The van der Waals surface area contributed by atoms with E-state index in [4.69, 9.17) is 5.11 Å². The Morgan fingerprint density at radius 3 is 2.25 bits per heavy atom. The van der Waals surface area contributed by atoms with Gasteiger partial charge in [-0.15, -0.1) is 6.58 Å². The molecule has 1 aliphatic rings. The van der Waals surface area contributed by atoms with Crippen LogP contribution in [0.3, 0.4) is 0 Å². The van der Waals surface area contributed by atoms with E-state index in [-0.39, 0.29) is 18.4 Å². The molecule has 0 bridgehead atoms. The number of benzene rings is 1. The maximum absolute atomic E-state index is 12.2. The summed E-state index contributed by atoms with van der Waals surface area (Å²) in [5.41, 5.74) is 0.935. The van der Waals surface area contributed by atoms with Gasteiger partial charge in [0, 0.05) is 26.2 Å². The van der Waals surface area contributed by atoms with Gasteiger partial charge in [0.1, 0.15) is 0 Å². The fraction of sp³-hybridized carbons (Fsp3) is 0.333. The van der Waals surface area contributed by atoms with Gasteiger partial charge >= 0.3 is 0 Å². The molecule has 0 aliphatic carbocycles. The number of fused-ring (bicyclic) bond motifs is 1. The zero-order valence-corrected chi connectivity index (χ0v) is 11.3. The van der Waals surface area contributed by atoms with Crippen molar-refractivity contribution in [2.24, 2.45) is 0 Å². The van der Waals surface area contributed by atoms with Crippen LogP contribution >= 0.6 is 0 Å². The third-order valence-electron chi connectivity index (χ3n) is 3.32. The predicted octanol–water partition coefficient (Wildman–Crippen LogP) is 0.763. The van der Waals surface area contributed by atoms with Gasteiger partial charge in [-0.3, -0.25) is 19.4 Å². The Morgan fingerprint density at radius 2 is 1.75 bits per heavy atom. The van der Waals surface area contributed by atoms with Gasteiger partial charge in [-0.05, 0) is 12.1 Å². The summed E-state index contributed by atoms with van der Waals surface area (Å²) in [6.07, 6.45) is 1.73. The second-order valence-corrected chi connectivity index (χ2v) is 4.62. The Kier molecular flexibility index (Phi) is 4.65. The number of amides is 2. The lowest BCUT2D eigenvalue weighted by molar-refractivity contribution is 0.0635. The summed E-state index contributed by atoms with van der Waals surface area (Å²) in [6, 6.07) is 6.85. The van der Waals surface area contributed by atoms with E-state index in [1.165, 1.54) is 4.90 Å². The van der Waals surface area contributed by atoms with Gasteiger partial charge in [-0.2, -0.15) is 0 Å². The Labute approximate surface area is 118 Å². The van der Waals surface area contributed by atoms with E-state index in [0.29, 0.717) is 37.3 Å². The zero-order chi connectivity index (χ0) is 14.5. The largest absolute Gasteiger partial charge is 0.395 e. The monoisotopic (exact) mass is 274 g/mol. The third kappa shape index (κ3) is 2.79. The van der Waals surface area contributed by atoms with Crippen LogP contribution < -0.4 is 0 Å². The Bertz CT molecular complexity index is 493. The molecule has 1 aliphatic heterocycles. The summed E-state index contributed by atoms with van der Waals surface area (Å²) in [7, 11) is 0. The average molecular weight is 274 g/mol. The van der Waals surface area contributed by atoms with Gasteiger partial charge in [0.2, 0.25) is 0 Å². The van der Waals surface area contributed by atoms with Crippen LogP contribution in [-0.2, 0) is 0 Å². The maximum atomic E-state index is 12.2. The van der Waals surface area contributed by atoms with Crippen molar-refractivity contribution in [2.45, 2.75) is 0 Å². The molecule has 1 aromatic rings. The summed E-state index contributed by atoms with van der Waals surface area (Å²) in [4.78, 5) is 27.5. The molecule has 2 amide bonds. The molecule has 0 unspecified atom stereocenters. The molecule has 2 rings (SSSR count). The quantitative estimate of drug-likeness (QED) is 0.589. The molecule has 0 radical (unpaired) electrons. The number of imide groups is 1. The Morgan fingerprint density at radius 1 is 1.15 bits per heavy atom. The van der Waals surface area contributed by atoms with Crippen LogP contribution in [0.25, 0.3) is 0 Å². The van der Waals surface area contributed by atoms with Crippen molar-refractivity contribution < 1.29 is 14.7 Å². The van der Waals surface area contributed by atoms with Gasteiger partial charge in [0.15, 0.2) is 0 Å². The van der Waals surface area contributed by atoms with Crippen LogP contribution in [0, 0.1) is 0 Å². The lowest BCUT2D eigenvalue weighted by Gasteiger charge is -2.22. The molecule has 0 saturated heterocycles. The highest BCUT2D eigenvalue weighted by molar-refractivity contribution is 6.21. The highest BCUT2D eigenvalue weighted by Crippen LogP contribution is 2.21. The summed E-state index contributed by atoms with van der Waals surface area (Å²) < 4.78 is 0. The highest BCUT2D eigenvalue weighted by atomic mass is 16.3. The van der Waals surface area contributed by atoms with Gasteiger partial charge < -0.3 is 5.11 Å². The molecule has 0 atom stereocenters. The molecule has 5 heteroatoms. The summed E-state index contributed by atoms with van der Waals surface area (Å²) in [6.45, 7) is 5.65. The minimum atomic E-state index is -0.242. The van der Waals surface area contributed by atoms with E-state index < -0.39 is 0 Å². The van der Waals surface area contributed by atoms with Gasteiger partial charge in [-0.25, -0.2) is 0 Å². The summed E-state index contributed by atoms with van der Waals surface area (Å²) >= 11 is 0. The predicted molar refractivity (Wildman–Crippen MR) is 75.5 cm³/mol. The van der Waals surface area contributed by atoms with E-state index in [0.717, 1.165) is 0 Å². The molecule has 0 spiro atoms. The number of hydrogen-bond acceptors (Lipinski definition) is 4. The molecule has 20 heavy (non-hydrogen) atoms. The summed E-state index contributed by atoms with van der Waals surface area (Å²) in [5.74, 6) is -0.485. The minimum Gasteiger partial charge on any atom is -0.395 e. The number of rotatable bonds is 7. The minimum absolute atomic E-state index is 0.0377. The number of nitrogens with zero attached hydrogens (tertiary/aromatic N) is 2. The van der Waals surface area contributed by atoms with E-state index in [1.54, 1.807) is 30.3 Å². The Balaban J connectivity index is 2.03. The first-order chi connectivity index (χ1) is 9.69. The lowest BCUT2D eigenvalue weighted by atomic mass is 10.1. The van der Waals surface area contributed by atoms with Gasteiger partial charge in [0.25, 0.3) is 11.8 Å². The Hall–Kier alpha value is -1.98. The normalized spacial score (nSPS) is 14.0. The first-order valence-electron chi connectivity index (χ1n) is 6.58. The van der Waals surface area contributed by atoms with Crippen molar-refractivity contribution in [1.29, 1.82) is 0 Å². The molecule has 0 saturated carbocycles. The number of carbonyl (C=O) groups excluding carboxylic acids is 2. The van der Waals surface area contributed by atoms with Crippen LogP contribution in [0.2, 0.25) is 0 Å². The second-order valence-electron chi connectivity index (χ2n) is 4.62. The molecule has 5 nitrogen and oxygen atoms in total. The fourth-order valence-corrected chi connectivity index (χ4v) is 2.30. The molecule has 0 fully saturated rings. The topological polar surface area (TPSA) is 60.9 Å². The van der Waals surface area contributed by atoms with Gasteiger partial charge in [-0.1, -0.05) is 18.2 Å². The standard InChI is InChI=1S/C15H18N2O3/c1-2-7-16(10-11-18)8-9-17-14(19)12-5-3-4-6-13(12)15(17)20/h2-6,18H,1,7-11H2. The van der Waals surface area contributed by atoms with Crippen LogP contribution in [0.4, 0.5) is 0 Å². The number of aliphatic hydroxyl groups is 1. The van der Waals surface area contributed by atoms with Crippen LogP contribution in [0.1, 0.15) is 20.7 Å². The van der Waals surface area contributed by atoms with Crippen molar-refractivity contribution in [1.82, 2.24) is 9.80 Å². The highest BCUT2D eigenvalue weighted by Gasteiger charge is 2.34. The smallest absolute Gasteiger partial charge is 0.261 e. The second kappa shape index (κ2) is 6.45.